The molecule has 0 bridgehead atoms. The molecule has 0 fully saturated rings. The summed E-state index contributed by atoms with van der Waals surface area (Å²) in [4.78, 5) is 40.1. The molecule has 128 valence electrons. The molecule has 6 heteroatoms. The summed E-state index contributed by atoms with van der Waals surface area (Å²) in [5, 5.41) is 9.72. The van der Waals surface area contributed by atoms with Gasteiger partial charge in [-0.15, -0.1) is 0 Å². The van der Waals surface area contributed by atoms with Crippen molar-refractivity contribution in [3.8, 4) is 6.07 Å². The zero-order chi connectivity index (χ0) is 18.9. The van der Waals surface area contributed by atoms with Crippen LogP contribution < -0.4 is 5.73 Å². The average Bonchev–Trinajstić information content (AvgIpc) is 3.09. The minimum Gasteiger partial charge on any atom is -0.439 e. The Bertz CT molecular complexity index is 1190. The van der Waals surface area contributed by atoms with Crippen molar-refractivity contribution in [3.63, 3.8) is 0 Å². The molecule has 0 radical (unpaired) electrons. The van der Waals surface area contributed by atoms with Crippen LogP contribution in [0.4, 0.5) is 0 Å². The number of nitrogens with two attached hydrogens (primary N) is 1. The number of Topliss-reactive ketones (excluding diaryl/α,β-unsaturated/α-hetero) is 3. The standard InChI is InChI=1S/C21H10N2O4/c22-9-14-20(23)27-17-11-6-2-1-5-10(11)16(24)15(17)21(14)18(25)12-7-3-4-8-13(12)19(21)26/h1-8H,23H2. The van der Waals surface area contributed by atoms with E-state index >= 15 is 0 Å². The number of carbonyl (C=O) groups is 3. The van der Waals surface area contributed by atoms with Gasteiger partial charge in [0.25, 0.3) is 0 Å². The van der Waals surface area contributed by atoms with Crippen LogP contribution in [-0.2, 0) is 4.74 Å². The fraction of sp³-hybridized carbons (Fsp3) is 0.0476. The number of hydrogen-bond donors (Lipinski definition) is 1. The van der Waals surface area contributed by atoms with E-state index in [1.165, 1.54) is 12.1 Å². The second-order valence-corrected chi connectivity index (χ2v) is 6.49. The van der Waals surface area contributed by atoms with Gasteiger partial charge in [-0.1, -0.05) is 48.5 Å². The predicted molar refractivity (Wildman–Crippen MR) is 93.1 cm³/mol. The Labute approximate surface area is 153 Å². The first-order chi connectivity index (χ1) is 13.0. The highest BCUT2D eigenvalue weighted by Gasteiger charge is 2.65. The van der Waals surface area contributed by atoms with Gasteiger partial charge in [0.15, 0.2) is 22.8 Å². The van der Waals surface area contributed by atoms with Gasteiger partial charge < -0.3 is 10.5 Å². The Morgan fingerprint density at radius 2 is 1.37 bits per heavy atom. The molecular weight excluding hydrogens is 344 g/mol. The minimum absolute atomic E-state index is 0.0709. The third-order valence-corrected chi connectivity index (χ3v) is 5.29. The molecule has 2 aromatic rings. The minimum atomic E-state index is -2.09. The number of nitriles is 1. The Morgan fingerprint density at radius 1 is 0.852 bits per heavy atom. The number of rotatable bonds is 0. The molecule has 3 aliphatic rings. The highest BCUT2D eigenvalue weighted by atomic mass is 16.5. The molecule has 1 aliphatic heterocycles. The predicted octanol–water partition coefficient (Wildman–Crippen LogP) is 2.38. The van der Waals surface area contributed by atoms with E-state index in [0.29, 0.717) is 11.1 Å². The molecule has 0 amide bonds. The maximum atomic E-state index is 13.4. The van der Waals surface area contributed by atoms with Crippen molar-refractivity contribution in [1.29, 1.82) is 5.26 Å². The van der Waals surface area contributed by atoms with Gasteiger partial charge in [0, 0.05) is 22.3 Å². The van der Waals surface area contributed by atoms with Crippen LogP contribution in [0.1, 0.15) is 36.6 Å². The van der Waals surface area contributed by atoms with Crippen LogP contribution in [0.5, 0.6) is 0 Å². The third-order valence-electron chi connectivity index (χ3n) is 5.29. The lowest BCUT2D eigenvalue weighted by molar-refractivity contribution is 0.0751. The number of nitrogens with zero attached hydrogens (tertiary/aromatic N) is 1. The largest absolute Gasteiger partial charge is 0.439 e. The number of carbonyl (C=O) groups excluding carboxylic acids is 3. The van der Waals surface area contributed by atoms with Crippen LogP contribution >= 0.6 is 0 Å². The van der Waals surface area contributed by atoms with Gasteiger partial charge >= 0.3 is 0 Å². The normalized spacial score (nSPS) is 19.0. The lowest BCUT2D eigenvalue weighted by atomic mass is 9.68. The molecule has 2 aliphatic carbocycles. The van der Waals surface area contributed by atoms with Crippen molar-refractivity contribution in [1.82, 2.24) is 0 Å². The van der Waals surface area contributed by atoms with Crippen LogP contribution in [0.25, 0.3) is 5.76 Å². The van der Waals surface area contributed by atoms with Crippen LogP contribution in [0, 0.1) is 16.7 Å². The smallest absolute Gasteiger partial charge is 0.206 e. The molecule has 1 heterocycles. The summed E-state index contributed by atoms with van der Waals surface area (Å²) in [7, 11) is 0. The SMILES string of the molecule is N#CC1=C(N)OC2=C(C(=O)c3ccccc32)C12C(=O)c1ccccc1C2=O. The molecule has 0 unspecified atom stereocenters. The third kappa shape index (κ3) is 1.53. The van der Waals surface area contributed by atoms with E-state index < -0.39 is 22.8 Å². The van der Waals surface area contributed by atoms with Crippen molar-refractivity contribution < 1.29 is 19.1 Å². The summed E-state index contributed by atoms with van der Waals surface area (Å²) < 4.78 is 5.58. The Balaban J connectivity index is 1.90. The monoisotopic (exact) mass is 354 g/mol. The quantitative estimate of drug-likeness (QED) is 0.727. The fourth-order valence-electron chi connectivity index (χ4n) is 4.15. The molecule has 6 nitrogen and oxygen atoms in total. The number of benzene rings is 2. The molecule has 0 atom stereocenters. The second-order valence-electron chi connectivity index (χ2n) is 6.49. The summed E-state index contributed by atoms with van der Waals surface area (Å²) in [5.41, 5.74) is 4.49. The molecule has 0 saturated heterocycles. The van der Waals surface area contributed by atoms with Gasteiger partial charge in [-0.3, -0.25) is 14.4 Å². The van der Waals surface area contributed by atoms with Gasteiger partial charge in [-0.25, -0.2) is 0 Å². The average molecular weight is 354 g/mol. The van der Waals surface area contributed by atoms with Crippen molar-refractivity contribution in [2.45, 2.75) is 0 Å². The van der Waals surface area contributed by atoms with Crippen molar-refractivity contribution in [3.05, 3.63) is 87.8 Å². The number of ether oxygens (including phenoxy) is 1. The molecule has 2 aromatic carbocycles. The Morgan fingerprint density at radius 3 is 1.93 bits per heavy atom. The maximum absolute atomic E-state index is 13.4. The molecule has 0 saturated carbocycles. The fourth-order valence-corrected chi connectivity index (χ4v) is 4.15. The van der Waals surface area contributed by atoms with Gasteiger partial charge in [0.05, 0.1) is 5.57 Å². The summed E-state index contributed by atoms with van der Waals surface area (Å²) in [6.07, 6.45) is 0. The molecule has 27 heavy (non-hydrogen) atoms. The highest BCUT2D eigenvalue weighted by Crippen LogP contribution is 2.56. The first-order valence-electron chi connectivity index (χ1n) is 8.19. The van der Waals surface area contributed by atoms with E-state index in [-0.39, 0.29) is 33.9 Å². The van der Waals surface area contributed by atoms with E-state index in [2.05, 4.69) is 0 Å². The van der Waals surface area contributed by atoms with Gasteiger partial charge in [-0.2, -0.15) is 5.26 Å². The summed E-state index contributed by atoms with van der Waals surface area (Å²) in [6, 6.07) is 14.8. The first-order valence-corrected chi connectivity index (χ1v) is 8.19. The van der Waals surface area contributed by atoms with Crippen LogP contribution in [-0.4, -0.2) is 17.3 Å². The summed E-state index contributed by atoms with van der Waals surface area (Å²) in [6.45, 7) is 0. The number of hydrogen-bond acceptors (Lipinski definition) is 6. The maximum Gasteiger partial charge on any atom is 0.206 e. The van der Waals surface area contributed by atoms with Crippen molar-refractivity contribution in [2.75, 3.05) is 0 Å². The molecule has 1 spiro atoms. The lowest BCUT2D eigenvalue weighted by Crippen LogP contribution is -2.43. The Hall–Kier alpha value is -3.98. The zero-order valence-corrected chi connectivity index (χ0v) is 13.8. The van der Waals surface area contributed by atoms with E-state index in [4.69, 9.17) is 10.5 Å². The zero-order valence-electron chi connectivity index (χ0n) is 13.8. The molecule has 5 rings (SSSR count). The molecular formula is C21H10N2O4. The first kappa shape index (κ1) is 15.3. The number of fused-ring (bicyclic) bond motifs is 4. The van der Waals surface area contributed by atoms with E-state index in [9.17, 15) is 19.6 Å². The lowest BCUT2D eigenvalue weighted by Gasteiger charge is -2.31. The van der Waals surface area contributed by atoms with Crippen molar-refractivity contribution >= 4 is 23.1 Å². The van der Waals surface area contributed by atoms with Crippen LogP contribution in [0.15, 0.2) is 65.6 Å². The van der Waals surface area contributed by atoms with E-state index in [0.717, 1.165) is 0 Å². The number of ketones is 3. The van der Waals surface area contributed by atoms with Gasteiger partial charge in [0.2, 0.25) is 5.88 Å². The topological polar surface area (TPSA) is 110 Å². The second kappa shape index (κ2) is 4.80. The molecule has 2 N–H and O–H groups in total. The summed E-state index contributed by atoms with van der Waals surface area (Å²) in [5.74, 6) is -2.02. The van der Waals surface area contributed by atoms with Crippen LogP contribution in [0.3, 0.4) is 0 Å². The molecule has 0 aromatic heterocycles. The van der Waals surface area contributed by atoms with Crippen LogP contribution in [0.2, 0.25) is 0 Å². The highest BCUT2D eigenvalue weighted by molar-refractivity contribution is 6.40. The van der Waals surface area contributed by atoms with Crippen molar-refractivity contribution in [2.24, 2.45) is 11.1 Å². The van der Waals surface area contributed by atoms with Gasteiger partial charge in [0.1, 0.15) is 17.4 Å². The Kier molecular flexibility index (Phi) is 2.72. The van der Waals surface area contributed by atoms with Gasteiger partial charge in [-0.05, 0) is 0 Å². The number of allylic oxidation sites excluding steroid dienone is 2. The van der Waals surface area contributed by atoms with E-state index in [1.807, 2.05) is 6.07 Å². The summed E-state index contributed by atoms with van der Waals surface area (Å²) >= 11 is 0. The van der Waals surface area contributed by atoms with E-state index in [1.54, 1.807) is 36.4 Å².